The third-order valence-corrected chi connectivity index (χ3v) is 3.30. The monoisotopic (exact) mass is 294 g/mol. The molecular formula is C16H14N4O2. The summed E-state index contributed by atoms with van der Waals surface area (Å²) in [6.45, 7) is 1.84. The third-order valence-electron chi connectivity index (χ3n) is 3.30. The Bertz CT molecular complexity index is 931. The van der Waals surface area contributed by atoms with Crippen LogP contribution < -0.4 is 10.9 Å². The summed E-state index contributed by atoms with van der Waals surface area (Å²) in [5.74, 6) is 0.0506. The van der Waals surface area contributed by atoms with Crippen LogP contribution in [0.15, 0.2) is 47.3 Å². The molecule has 0 aliphatic rings. The molecule has 0 unspecified atom stereocenters. The van der Waals surface area contributed by atoms with Crippen molar-refractivity contribution in [3.8, 4) is 0 Å². The molecule has 0 radical (unpaired) electrons. The second kappa shape index (κ2) is 5.40. The Morgan fingerprint density at radius 3 is 2.55 bits per heavy atom. The fourth-order valence-electron chi connectivity index (χ4n) is 2.26. The van der Waals surface area contributed by atoms with Crippen LogP contribution in [0, 0.1) is 6.92 Å². The lowest BCUT2D eigenvalue weighted by molar-refractivity contribution is 0.102. The number of hydrogen-bond donors (Lipinski definition) is 1. The third kappa shape index (κ3) is 2.46. The van der Waals surface area contributed by atoms with E-state index in [0.29, 0.717) is 16.6 Å². The topological polar surface area (TPSA) is 76.9 Å². The van der Waals surface area contributed by atoms with Gasteiger partial charge in [-0.3, -0.25) is 9.59 Å². The Morgan fingerprint density at radius 2 is 1.82 bits per heavy atom. The van der Waals surface area contributed by atoms with Gasteiger partial charge in [0.05, 0.1) is 5.39 Å². The van der Waals surface area contributed by atoms with Crippen LogP contribution in [0.1, 0.15) is 16.2 Å². The predicted molar refractivity (Wildman–Crippen MR) is 83.9 cm³/mol. The number of carbonyl (C=O) groups excluding carboxylic acids is 1. The number of anilines is 1. The highest BCUT2D eigenvalue weighted by Crippen LogP contribution is 2.14. The van der Waals surface area contributed by atoms with Gasteiger partial charge in [-0.15, -0.1) is 0 Å². The Morgan fingerprint density at radius 1 is 1.09 bits per heavy atom. The molecule has 2 aromatic heterocycles. The maximum atomic E-state index is 12.5. The van der Waals surface area contributed by atoms with Gasteiger partial charge in [0.15, 0.2) is 5.69 Å². The van der Waals surface area contributed by atoms with Crippen molar-refractivity contribution in [2.75, 3.05) is 5.32 Å². The summed E-state index contributed by atoms with van der Waals surface area (Å²) >= 11 is 0. The highest BCUT2D eigenvalue weighted by molar-refractivity contribution is 6.10. The number of hydrogen-bond acceptors (Lipinski definition) is 4. The lowest BCUT2D eigenvalue weighted by atomic mass is 10.1. The van der Waals surface area contributed by atoms with Gasteiger partial charge in [0, 0.05) is 18.1 Å². The molecule has 0 bridgehead atoms. The molecule has 6 nitrogen and oxygen atoms in total. The quantitative estimate of drug-likeness (QED) is 0.783. The number of aromatic nitrogens is 3. The molecule has 1 amide bonds. The lowest BCUT2D eigenvalue weighted by Gasteiger charge is -2.08. The van der Waals surface area contributed by atoms with Crippen molar-refractivity contribution in [2.24, 2.45) is 7.05 Å². The van der Waals surface area contributed by atoms with Crippen molar-refractivity contribution < 1.29 is 4.79 Å². The van der Waals surface area contributed by atoms with Crippen molar-refractivity contribution in [1.82, 2.24) is 14.8 Å². The minimum Gasteiger partial charge on any atom is -0.305 e. The first kappa shape index (κ1) is 13.9. The van der Waals surface area contributed by atoms with E-state index in [-0.39, 0.29) is 11.3 Å². The second-order valence-corrected chi connectivity index (χ2v) is 4.94. The number of carbonyl (C=O) groups is 1. The molecule has 1 N–H and O–H groups in total. The Balaban J connectivity index is 2.08. The first-order valence-corrected chi connectivity index (χ1v) is 6.77. The number of benzene rings is 1. The zero-order valence-electron chi connectivity index (χ0n) is 12.2. The van der Waals surface area contributed by atoms with Gasteiger partial charge < -0.3 is 5.32 Å². The zero-order valence-corrected chi connectivity index (χ0v) is 12.2. The SMILES string of the molecule is Cc1cccc(NC(=O)c2nn(C)c(=O)c3ccccc23)n1. The minimum atomic E-state index is -0.398. The summed E-state index contributed by atoms with van der Waals surface area (Å²) in [7, 11) is 1.52. The van der Waals surface area contributed by atoms with Crippen molar-refractivity contribution >= 4 is 22.5 Å². The Labute approximate surface area is 126 Å². The van der Waals surface area contributed by atoms with E-state index in [0.717, 1.165) is 5.69 Å². The van der Waals surface area contributed by atoms with Crippen LogP contribution in [0.2, 0.25) is 0 Å². The summed E-state index contributed by atoms with van der Waals surface area (Å²) in [6.07, 6.45) is 0. The maximum Gasteiger partial charge on any atom is 0.277 e. The van der Waals surface area contributed by atoms with Crippen LogP contribution in [-0.4, -0.2) is 20.7 Å². The number of rotatable bonds is 2. The van der Waals surface area contributed by atoms with Crippen molar-refractivity contribution in [1.29, 1.82) is 0 Å². The van der Waals surface area contributed by atoms with Crippen molar-refractivity contribution in [3.05, 3.63) is 64.2 Å². The molecular weight excluding hydrogens is 280 g/mol. The molecule has 0 spiro atoms. The van der Waals surface area contributed by atoms with Gasteiger partial charge in [-0.1, -0.05) is 24.3 Å². The van der Waals surface area contributed by atoms with Gasteiger partial charge in [-0.05, 0) is 25.1 Å². The Kier molecular flexibility index (Phi) is 3.42. The van der Waals surface area contributed by atoms with E-state index in [4.69, 9.17) is 0 Å². The first-order chi connectivity index (χ1) is 10.6. The molecule has 2 heterocycles. The van der Waals surface area contributed by atoms with E-state index in [9.17, 15) is 9.59 Å². The second-order valence-electron chi connectivity index (χ2n) is 4.94. The fraction of sp³-hybridized carbons (Fsp3) is 0.125. The molecule has 3 rings (SSSR count). The standard InChI is InChI=1S/C16H14N4O2/c1-10-6-5-9-13(17-10)18-15(21)14-11-7-3-4-8-12(11)16(22)20(2)19-14/h3-9H,1-2H3,(H,17,18,21). The van der Waals surface area contributed by atoms with Gasteiger partial charge in [0.1, 0.15) is 5.82 Å². The number of aryl methyl sites for hydroxylation is 2. The van der Waals surface area contributed by atoms with E-state index in [1.165, 1.54) is 11.7 Å². The summed E-state index contributed by atoms with van der Waals surface area (Å²) in [5, 5.41) is 7.78. The van der Waals surface area contributed by atoms with E-state index < -0.39 is 5.91 Å². The number of amides is 1. The minimum absolute atomic E-state index is 0.195. The number of nitrogens with one attached hydrogen (secondary N) is 1. The van der Waals surface area contributed by atoms with Crippen LogP contribution >= 0.6 is 0 Å². The average molecular weight is 294 g/mol. The van der Waals surface area contributed by atoms with Gasteiger partial charge in [0.2, 0.25) is 0 Å². The summed E-state index contributed by atoms with van der Waals surface area (Å²) in [6, 6.07) is 12.3. The Hall–Kier alpha value is -3.02. The van der Waals surface area contributed by atoms with Gasteiger partial charge in [-0.2, -0.15) is 5.10 Å². The average Bonchev–Trinajstić information content (AvgIpc) is 2.51. The van der Waals surface area contributed by atoms with Crippen molar-refractivity contribution in [2.45, 2.75) is 6.92 Å². The van der Waals surface area contributed by atoms with E-state index >= 15 is 0 Å². The molecule has 0 aliphatic carbocycles. The molecule has 1 aromatic carbocycles. The molecule has 0 saturated carbocycles. The lowest BCUT2D eigenvalue weighted by Crippen LogP contribution is -2.25. The largest absolute Gasteiger partial charge is 0.305 e. The molecule has 0 aliphatic heterocycles. The number of pyridine rings is 1. The number of nitrogens with zero attached hydrogens (tertiary/aromatic N) is 3. The zero-order chi connectivity index (χ0) is 15.7. The normalized spacial score (nSPS) is 10.6. The highest BCUT2D eigenvalue weighted by Gasteiger charge is 2.16. The summed E-state index contributed by atoms with van der Waals surface area (Å²) < 4.78 is 1.17. The van der Waals surface area contributed by atoms with Crippen LogP contribution in [0.25, 0.3) is 10.8 Å². The van der Waals surface area contributed by atoms with Crippen molar-refractivity contribution in [3.63, 3.8) is 0 Å². The van der Waals surface area contributed by atoms with E-state index in [2.05, 4.69) is 15.4 Å². The molecule has 6 heteroatoms. The summed E-state index contributed by atoms with van der Waals surface area (Å²) in [4.78, 5) is 28.8. The molecule has 3 aromatic rings. The van der Waals surface area contributed by atoms with E-state index in [1.807, 2.05) is 19.1 Å². The van der Waals surface area contributed by atoms with Crippen LogP contribution in [0.3, 0.4) is 0 Å². The number of fused-ring (bicyclic) bond motifs is 1. The molecule has 110 valence electrons. The molecule has 0 saturated heterocycles. The molecule has 22 heavy (non-hydrogen) atoms. The molecule has 0 atom stereocenters. The first-order valence-electron chi connectivity index (χ1n) is 6.77. The van der Waals surface area contributed by atoms with Crippen LogP contribution in [-0.2, 0) is 7.05 Å². The van der Waals surface area contributed by atoms with Gasteiger partial charge in [0.25, 0.3) is 11.5 Å². The maximum absolute atomic E-state index is 12.5. The fourth-order valence-corrected chi connectivity index (χ4v) is 2.26. The molecule has 0 fully saturated rings. The van der Waals surface area contributed by atoms with Gasteiger partial charge in [-0.25, -0.2) is 9.67 Å². The van der Waals surface area contributed by atoms with Gasteiger partial charge >= 0.3 is 0 Å². The van der Waals surface area contributed by atoms with Crippen LogP contribution in [0.4, 0.5) is 5.82 Å². The van der Waals surface area contributed by atoms with Crippen LogP contribution in [0.5, 0.6) is 0 Å². The van der Waals surface area contributed by atoms with E-state index in [1.54, 1.807) is 30.3 Å². The summed E-state index contributed by atoms with van der Waals surface area (Å²) in [5.41, 5.74) is 0.762. The highest BCUT2D eigenvalue weighted by atomic mass is 16.2. The predicted octanol–water partition coefficient (Wildman–Crippen LogP) is 1.89. The smallest absolute Gasteiger partial charge is 0.277 e.